The van der Waals surface area contributed by atoms with Gasteiger partial charge in [-0.1, -0.05) is 0 Å². The van der Waals surface area contributed by atoms with E-state index in [1.807, 2.05) is 23.1 Å². The van der Waals surface area contributed by atoms with Gasteiger partial charge in [-0.15, -0.1) is 11.3 Å². The number of fused-ring (bicyclic) bond motifs is 3. The van der Waals surface area contributed by atoms with E-state index in [-0.39, 0.29) is 0 Å². The molecule has 0 N–H and O–H groups in total. The Kier molecular flexibility index (Phi) is 1.38. The molecule has 13 heavy (non-hydrogen) atoms. The van der Waals surface area contributed by atoms with E-state index in [0.29, 0.717) is 0 Å². The summed E-state index contributed by atoms with van der Waals surface area (Å²) in [4.78, 5) is 1.49. The van der Waals surface area contributed by atoms with E-state index in [1.54, 1.807) is 0 Å². The highest BCUT2D eigenvalue weighted by Gasteiger charge is 2.19. The summed E-state index contributed by atoms with van der Waals surface area (Å²) in [7, 11) is 1.99. The molecule has 0 saturated heterocycles. The third-order valence-electron chi connectivity index (χ3n) is 2.53. The van der Waals surface area contributed by atoms with E-state index in [1.165, 1.54) is 28.1 Å². The molecule has 0 unspecified atom stereocenters. The van der Waals surface area contributed by atoms with E-state index in [0.717, 1.165) is 6.42 Å². The van der Waals surface area contributed by atoms with Crippen LogP contribution in [0.4, 0.5) is 0 Å². The van der Waals surface area contributed by atoms with Crippen molar-refractivity contribution >= 4 is 11.3 Å². The second-order valence-electron chi connectivity index (χ2n) is 3.43. The number of nitrogens with zero attached hydrogens (tertiary/aromatic N) is 2. The lowest BCUT2D eigenvalue weighted by Gasteiger charge is -2.09. The molecular weight excluding hydrogens is 180 g/mol. The number of hydrogen-bond acceptors (Lipinski definition) is 2. The van der Waals surface area contributed by atoms with Crippen LogP contribution in [0.1, 0.15) is 10.4 Å². The molecule has 2 aromatic rings. The third-order valence-corrected chi connectivity index (χ3v) is 3.51. The Balaban J connectivity index is 2.29. The summed E-state index contributed by atoms with van der Waals surface area (Å²) in [5, 5.41) is 6.65. The van der Waals surface area contributed by atoms with Crippen molar-refractivity contribution in [3.8, 4) is 11.3 Å². The molecule has 0 spiro atoms. The van der Waals surface area contributed by atoms with Crippen LogP contribution < -0.4 is 0 Å². The highest BCUT2D eigenvalue weighted by atomic mass is 32.1. The van der Waals surface area contributed by atoms with Gasteiger partial charge in [0, 0.05) is 23.7 Å². The van der Waals surface area contributed by atoms with Crippen LogP contribution in [0.3, 0.4) is 0 Å². The smallest absolute Gasteiger partial charge is 0.0966 e. The normalized spacial score (nSPS) is 13.9. The van der Waals surface area contributed by atoms with Crippen molar-refractivity contribution in [3.63, 3.8) is 0 Å². The van der Waals surface area contributed by atoms with Crippen molar-refractivity contribution in [2.75, 3.05) is 0 Å². The van der Waals surface area contributed by atoms with E-state index in [9.17, 15) is 0 Å². The molecule has 66 valence electrons. The fourth-order valence-corrected chi connectivity index (χ4v) is 2.82. The highest BCUT2D eigenvalue weighted by molar-refractivity contribution is 7.10. The predicted octanol–water partition coefficient (Wildman–Crippen LogP) is 2.25. The fourth-order valence-electron chi connectivity index (χ4n) is 1.94. The lowest BCUT2D eigenvalue weighted by molar-refractivity contribution is 0.770. The first-order chi connectivity index (χ1) is 6.34. The van der Waals surface area contributed by atoms with Gasteiger partial charge in [-0.05, 0) is 29.9 Å². The molecule has 3 heteroatoms. The summed E-state index contributed by atoms with van der Waals surface area (Å²) in [6, 6.07) is 2.19. The summed E-state index contributed by atoms with van der Waals surface area (Å²) in [5.74, 6) is 0. The van der Waals surface area contributed by atoms with Crippen molar-refractivity contribution in [2.45, 2.75) is 12.8 Å². The first-order valence-electron chi connectivity index (χ1n) is 4.44. The molecule has 0 fully saturated rings. The SMILES string of the molecule is Cn1cc2c(n1)-c1ccsc1CC2. The monoisotopic (exact) mass is 190 g/mol. The molecule has 0 saturated carbocycles. The molecule has 2 nitrogen and oxygen atoms in total. The van der Waals surface area contributed by atoms with Gasteiger partial charge >= 0.3 is 0 Å². The minimum absolute atomic E-state index is 1.15. The predicted molar refractivity (Wildman–Crippen MR) is 53.9 cm³/mol. The maximum absolute atomic E-state index is 4.49. The van der Waals surface area contributed by atoms with E-state index in [2.05, 4.69) is 22.7 Å². The van der Waals surface area contributed by atoms with E-state index in [4.69, 9.17) is 0 Å². The van der Waals surface area contributed by atoms with Gasteiger partial charge in [0.2, 0.25) is 0 Å². The first-order valence-corrected chi connectivity index (χ1v) is 5.32. The number of aryl methyl sites for hydroxylation is 3. The maximum Gasteiger partial charge on any atom is 0.0966 e. The zero-order valence-corrected chi connectivity index (χ0v) is 8.27. The van der Waals surface area contributed by atoms with Gasteiger partial charge in [0.15, 0.2) is 0 Å². The van der Waals surface area contributed by atoms with Crippen LogP contribution in [0.25, 0.3) is 11.3 Å². The summed E-state index contributed by atoms with van der Waals surface area (Å²) in [6.45, 7) is 0. The number of rotatable bonds is 0. The molecule has 2 heterocycles. The zero-order valence-electron chi connectivity index (χ0n) is 7.45. The van der Waals surface area contributed by atoms with Crippen molar-refractivity contribution < 1.29 is 0 Å². The molecule has 0 amide bonds. The van der Waals surface area contributed by atoms with Crippen LogP contribution in [0, 0.1) is 0 Å². The second kappa shape index (κ2) is 2.45. The maximum atomic E-state index is 4.49. The van der Waals surface area contributed by atoms with Crippen LogP contribution in [0.2, 0.25) is 0 Å². The van der Waals surface area contributed by atoms with Crippen molar-refractivity contribution in [3.05, 3.63) is 28.1 Å². The van der Waals surface area contributed by atoms with Crippen LogP contribution in [-0.4, -0.2) is 9.78 Å². The molecule has 2 aromatic heterocycles. The van der Waals surface area contributed by atoms with Crippen LogP contribution in [0.15, 0.2) is 17.6 Å². The fraction of sp³-hybridized carbons (Fsp3) is 0.300. The van der Waals surface area contributed by atoms with Crippen LogP contribution in [0.5, 0.6) is 0 Å². The summed E-state index contributed by atoms with van der Waals surface area (Å²) in [5.41, 5.74) is 3.95. The lowest BCUT2D eigenvalue weighted by Crippen LogP contribution is -1.98. The highest BCUT2D eigenvalue weighted by Crippen LogP contribution is 2.35. The van der Waals surface area contributed by atoms with Gasteiger partial charge < -0.3 is 0 Å². The minimum atomic E-state index is 1.15. The van der Waals surface area contributed by atoms with Crippen LogP contribution in [-0.2, 0) is 19.9 Å². The zero-order chi connectivity index (χ0) is 8.84. The Morgan fingerprint density at radius 3 is 3.31 bits per heavy atom. The Morgan fingerprint density at radius 1 is 1.46 bits per heavy atom. The van der Waals surface area contributed by atoms with Crippen LogP contribution >= 0.6 is 11.3 Å². The van der Waals surface area contributed by atoms with E-state index < -0.39 is 0 Å². The average molecular weight is 190 g/mol. The molecule has 0 radical (unpaired) electrons. The summed E-state index contributed by atoms with van der Waals surface area (Å²) < 4.78 is 1.91. The third kappa shape index (κ3) is 0.968. The quantitative estimate of drug-likeness (QED) is 0.623. The molecular formula is C10H10N2S. The number of thiophene rings is 1. The molecule has 1 aliphatic carbocycles. The number of hydrogen-bond donors (Lipinski definition) is 0. The largest absolute Gasteiger partial charge is 0.275 e. The van der Waals surface area contributed by atoms with Gasteiger partial charge in [-0.3, -0.25) is 4.68 Å². The molecule has 0 atom stereocenters. The Labute approximate surface area is 80.8 Å². The molecule has 1 aliphatic rings. The number of aromatic nitrogens is 2. The Hall–Kier alpha value is -1.09. The second-order valence-corrected chi connectivity index (χ2v) is 4.43. The van der Waals surface area contributed by atoms with Gasteiger partial charge in [0.05, 0.1) is 5.69 Å². The summed E-state index contributed by atoms with van der Waals surface area (Å²) in [6.07, 6.45) is 4.47. The molecule has 3 rings (SSSR count). The molecule has 0 aromatic carbocycles. The Morgan fingerprint density at radius 2 is 2.38 bits per heavy atom. The van der Waals surface area contributed by atoms with Gasteiger partial charge in [-0.25, -0.2) is 0 Å². The average Bonchev–Trinajstić information content (AvgIpc) is 2.65. The van der Waals surface area contributed by atoms with E-state index >= 15 is 0 Å². The van der Waals surface area contributed by atoms with Crippen molar-refractivity contribution in [1.29, 1.82) is 0 Å². The summed E-state index contributed by atoms with van der Waals surface area (Å²) >= 11 is 1.85. The first kappa shape index (κ1) is 7.33. The van der Waals surface area contributed by atoms with Gasteiger partial charge in [0.1, 0.15) is 0 Å². The Bertz CT molecular complexity index is 453. The van der Waals surface area contributed by atoms with Crippen molar-refractivity contribution in [2.24, 2.45) is 7.05 Å². The van der Waals surface area contributed by atoms with Crippen molar-refractivity contribution in [1.82, 2.24) is 9.78 Å². The molecule has 0 aliphatic heterocycles. The van der Waals surface area contributed by atoms with Gasteiger partial charge in [0.25, 0.3) is 0 Å². The minimum Gasteiger partial charge on any atom is -0.275 e. The lowest BCUT2D eigenvalue weighted by atomic mass is 9.98. The topological polar surface area (TPSA) is 17.8 Å². The molecule has 0 bridgehead atoms. The standard InChI is InChI=1S/C10H10N2S/c1-12-6-7-2-3-9-8(4-5-13-9)10(7)11-12/h4-6H,2-3H2,1H3. The van der Waals surface area contributed by atoms with Gasteiger partial charge in [-0.2, -0.15) is 5.10 Å².